The number of imide groups is 2. The number of benzene rings is 3. The Morgan fingerprint density at radius 3 is 2.29 bits per heavy atom. The molecule has 1 N–H and O–H groups in total. The zero-order valence-corrected chi connectivity index (χ0v) is 22.6. The van der Waals surface area contributed by atoms with E-state index in [2.05, 4.69) is 21.2 Å². The molecule has 0 spiro atoms. The molecule has 0 atom stereocenters. The molecule has 8 nitrogen and oxygen atoms in total. The van der Waals surface area contributed by atoms with E-state index in [1.54, 1.807) is 42.5 Å². The minimum atomic E-state index is -0.779. The van der Waals surface area contributed by atoms with Crippen LogP contribution in [0.3, 0.4) is 0 Å². The second-order valence-corrected chi connectivity index (χ2v) is 9.44. The van der Waals surface area contributed by atoms with Crippen LogP contribution in [0.15, 0.2) is 76.8 Å². The summed E-state index contributed by atoms with van der Waals surface area (Å²) in [6, 6.07) is 19.2. The summed E-state index contributed by atoms with van der Waals surface area (Å²) in [7, 11) is 1.52. The van der Waals surface area contributed by atoms with Crippen molar-refractivity contribution in [2.75, 3.05) is 13.7 Å². The van der Waals surface area contributed by atoms with E-state index in [-0.39, 0.29) is 12.1 Å². The lowest BCUT2D eigenvalue weighted by Gasteiger charge is -2.26. The van der Waals surface area contributed by atoms with Crippen molar-refractivity contribution in [1.29, 1.82) is 0 Å². The summed E-state index contributed by atoms with van der Waals surface area (Å²) in [4.78, 5) is 39.2. The van der Waals surface area contributed by atoms with Crippen molar-refractivity contribution < 1.29 is 28.6 Å². The molecule has 1 fully saturated rings. The number of methoxy groups -OCH3 is 1. The van der Waals surface area contributed by atoms with Gasteiger partial charge in [0.05, 0.1) is 20.3 Å². The van der Waals surface area contributed by atoms with E-state index in [0.29, 0.717) is 41.6 Å². The molecule has 0 saturated carbocycles. The first kappa shape index (κ1) is 26.9. The predicted molar refractivity (Wildman–Crippen MR) is 146 cm³/mol. The molecular formula is C29H27BrN2O6. The molecule has 3 aromatic rings. The first-order valence-corrected chi connectivity index (χ1v) is 12.8. The maximum atomic E-state index is 13.2. The number of amides is 4. The second-order valence-electron chi connectivity index (χ2n) is 8.53. The molecule has 0 aliphatic carbocycles. The van der Waals surface area contributed by atoms with Gasteiger partial charge < -0.3 is 14.2 Å². The van der Waals surface area contributed by atoms with Crippen LogP contribution in [0, 0.1) is 0 Å². The number of carbonyl (C=O) groups excluding carboxylic acids is 3. The number of nitrogens with zero attached hydrogens (tertiary/aromatic N) is 1. The number of carbonyl (C=O) groups is 3. The van der Waals surface area contributed by atoms with Crippen molar-refractivity contribution in [2.24, 2.45) is 0 Å². The summed E-state index contributed by atoms with van der Waals surface area (Å²) in [6.07, 6.45) is 2.30. The van der Waals surface area contributed by atoms with Gasteiger partial charge in [-0.25, -0.2) is 4.79 Å². The second kappa shape index (κ2) is 12.4. The minimum Gasteiger partial charge on any atom is -0.493 e. The van der Waals surface area contributed by atoms with E-state index < -0.39 is 17.8 Å². The summed E-state index contributed by atoms with van der Waals surface area (Å²) in [5.74, 6) is 0.293. The van der Waals surface area contributed by atoms with E-state index in [4.69, 9.17) is 14.2 Å². The van der Waals surface area contributed by atoms with Gasteiger partial charge in [0.25, 0.3) is 11.8 Å². The van der Waals surface area contributed by atoms with Crippen LogP contribution in [0.25, 0.3) is 6.08 Å². The maximum Gasteiger partial charge on any atom is 0.331 e. The molecule has 1 saturated heterocycles. The standard InChI is InChI=1S/C29H27BrN2O6/c1-3-14-37-25-13-8-21(16-26(25)36-2)17-32-28(34)24(27(33)31-29(32)35)15-19-6-11-23(12-7-19)38-18-20-4-9-22(30)10-5-20/h4-13,15-16H,3,14,17-18H2,1-2H3,(H,31,33,35)/b24-15+. The van der Waals surface area contributed by atoms with Crippen LogP contribution in [-0.4, -0.2) is 36.5 Å². The highest BCUT2D eigenvalue weighted by molar-refractivity contribution is 9.10. The molecular weight excluding hydrogens is 552 g/mol. The molecule has 1 heterocycles. The average Bonchev–Trinajstić information content (AvgIpc) is 2.92. The topological polar surface area (TPSA) is 94.2 Å². The van der Waals surface area contributed by atoms with Gasteiger partial charge >= 0.3 is 6.03 Å². The molecule has 4 amide bonds. The van der Waals surface area contributed by atoms with Crippen molar-refractivity contribution in [3.8, 4) is 17.2 Å². The lowest BCUT2D eigenvalue weighted by molar-refractivity contribution is -0.130. The Morgan fingerprint density at radius 2 is 1.61 bits per heavy atom. The molecule has 0 bridgehead atoms. The molecule has 3 aromatic carbocycles. The van der Waals surface area contributed by atoms with Gasteiger partial charge in [0.2, 0.25) is 0 Å². The largest absolute Gasteiger partial charge is 0.493 e. The van der Waals surface area contributed by atoms with Crippen molar-refractivity contribution in [3.05, 3.63) is 93.5 Å². The van der Waals surface area contributed by atoms with E-state index >= 15 is 0 Å². The van der Waals surface area contributed by atoms with Crippen LogP contribution < -0.4 is 19.5 Å². The summed E-state index contributed by atoms with van der Waals surface area (Å²) in [6.45, 7) is 2.91. The van der Waals surface area contributed by atoms with Gasteiger partial charge in [0.1, 0.15) is 17.9 Å². The van der Waals surface area contributed by atoms with Gasteiger partial charge in [-0.05, 0) is 65.6 Å². The molecule has 1 aliphatic rings. The monoisotopic (exact) mass is 578 g/mol. The van der Waals surface area contributed by atoms with Gasteiger partial charge in [-0.1, -0.05) is 53.2 Å². The highest BCUT2D eigenvalue weighted by atomic mass is 79.9. The van der Waals surface area contributed by atoms with Gasteiger partial charge in [0.15, 0.2) is 11.5 Å². The lowest BCUT2D eigenvalue weighted by atomic mass is 10.1. The number of ether oxygens (including phenoxy) is 3. The first-order valence-electron chi connectivity index (χ1n) is 12.0. The number of barbiturate groups is 1. The molecule has 196 valence electrons. The van der Waals surface area contributed by atoms with Gasteiger partial charge in [0, 0.05) is 4.47 Å². The zero-order valence-electron chi connectivity index (χ0n) is 21.0. The molecule has 0 radical (unpaired) electrons. The van der Waals surface area contributed by atoms with Crippen molar-refractivity contribution >= 4 is 39.9 Å². The Bertz CT molecular complexity index is 1350. The van der Waals surface area contributed by atoms with Crippen LogP contribution in [0.1, 0.15) is 30.0 Å². The highest BCUT2D eigenvalue weighted by Crippen LogP contribution is 2.29. The van der Waals surface area contributed by atoms with E-state index in [1.807, 2.05) is 31.2 Å². The number of urea groups is 1. The Hall–Kier alpha value is -4.11. The number of hydrogen-bond acceptors (Lipinski definition) is 6. The fourth-order valence-corrected chi connectivity index (χ4v) is 4.00. The van der Waals surface area contributed by atoms with E-state index in [0.717, 1.165) is 21.4 Å². The summed E-state index contributed by atoms with van der Waals surface area (Å²) >= 11 is 3.41. The Morgan fingerprint density at radius 1 is 0.895 bits per heavy atom. The highest BCUT2D eigenvalue weighted by Gasteiger charge is 2.35. The number of nitrogens with one attached hydrogen (secondary N) is 1. The zero-order chi connectivity index (χ0) is 27.1. The fourth-order valence-electron chi connectivity index (χ4n) is 3.74. The normalized spacial score (nSPS) is 14.4. The Kier molecular flexibility index (Phi) is 8.81. The lowest BCUT2D eigenvalue weighted by Crippen LogP contribution is -2.53. The van der Waals surface area contributed by atoms with Gasteiger partial charge in [-0.15, -0.1) is 0 Å². The van der Waals surface area contributed by atoms with Crippen LogP contribution in [0.4, 0.5) is 4.79 Å². The number of hydrogen-bond donors (Lipinski definition) is 1. The summed E-state index contributed by atoms with van der Waals surface area (Å²) in [5.41, 5.74) is 2.15. The van der Waals surface area contributed by atoms with Crippen molar-refractivity contribution in [1.82, 2.24) is 10.2 Å². The third kappa shape index (κ3) is 6.60. The predicted octanol–water partition coefficient (Wildman–Crippen LogP) is 5.49. The van der Waals surface area contributed by atoms with Gasteiger partial charge in [-0.2, -0.15) is 0 Å². The SMILES string of the molecule is CCCOc1ccc(CN2C(=O)NC(=O)/C(=C\c3ccc(OCc4ccc(Br)cc4)cc3)C2=O)cc1OC. The van der Waals surface area contributed by atoms with Crippen LogP contribution >= 0.6 is 15.9 Å². The van der Waals surface area contributed by atoms with Gasteiger partial charge in [-0.3, -0.25) is 19.8 Å². The van der Waals surface area contributed by atoms with Crippen molar-refractivity contribution in [3.63, 3.8) is 0 Å². The van der Waals surface area contributed by atoms with E-state index in [1.165, 1.54) is 13.2 Å². The molecule has 0 unspecified atom stereocenters. The number of halogens is 1. The third-order valence-corrected chi connectivity index (χ3v) is 6.25. The van der Waals surface area contributed by atoms with Crippen LogP contribution in [0.2, 0.25) is 0 Å². The maximum absolute atomic E-state index is 13.2. The summed E-state index contributed by atoms with van der Waals surface area (Å²) < 4.78 is 17.9. The first-order chi connectivity index (χ1) is 18.4. The smallest absolute Gasteiger partial charge is 0.331 e. The molecule has 4 rings (SSSR count). The van der Waals surface area contributed by atoms with Crippen LogP contribution in [0.5, 0.6) is 17.2 Å². The third-order valence-electron chi connectivity index (χ3n) is 5.73. The minimum absolute atomic E-state index is 0.0391. The molecule has 0 aromatic heterocycles. The van der Waals surface area contributed by atoms with Crippen molar-refractivity contribution in [2.45, 2.75) is 26.5 Å². The Balaban J connectivity index is 1.46. The fraction of sp³-hybridized carbons (Fsp3) is 0.207. The molecule has 38 heavy (non-hydrogen) atoms. The Labute approximate surface area is 229 Å². The summed E-state index contributed by atoms with van der Waals surface area (Å²) in [5, 5.41) is 2.25. The number of rotatable bonds is 10. The van der Waals surface area contributed by atoms with Crippen LogP contribution in [-0.2, 0) is 22.7 Å². The van der Waals surface area contributed by atoms with E-state index in [9.17, 15) is 14.4 Å². The molecule has 9 heteroatoms. The molecule has 1 aliphatic heterocycles. The quantitative estimate of drug-likeness (QED) is 0.252. The average molecular weight is 579 g/mol.